The zero-order valence-electron chi connectivity index (χ0n) is 11.1. The number of benzene rings is 1. The van der Waals surface area contributed by atoms with E-state index in [-0.39, 0.29) is 30.0 Å². The first-order valence-electron chi connectivity index (χ1n) is 6.05. The molecule has 0 aliphatic carbocycles. The Morgan fingerprint density at radius 3 is 2.76 bits per heavy atom. The number of ether oxygens (including phenoxy) is 1. The van der Waals surface area contributed by atoms with E-state index in [9.17, 15) is 22.8 Å². The molecule has 1 aromatic carbocycles. The van der Waals surface area contributed by atoms with E-state index in [0.29, 0.717) is 5.52 Å². The number of alkyl halides is 3. The molecule has 0 saturated carbocycles. The van der Waals surface area contributed by atoms with Crippen LogP contribution >= 0.6 is 0 Å². The van der Waals surface area contributed by atoms with Crippen molar-refractivity contribution in [2.45, 2.75) is 12.6 Å². The van der Waals surface area contributed by atoms with Gasteiger partial charge in [0.25, 0.3) is 0 Å². The van der Waals surface area contributed by atoms with Crippen LogP contribution in [0.25, 0.3) is 11.1 Å². The average molecular weight is 303 g/mol. The smallest absolute Gasteiger partial charge is 0.408 e. The van der Waals surface area contributed by atoms with Crippen LogP contribution in [0.2, 0.25) is 0 Å². The molecule has 0 unspecified atom stereocenters. The summed E-state index contributed by atoms with van der Waals surface area (Å²) < 4.78 is 46.2. The molecule has 0 saturated heterocycles. The third kappa shape index (κ3) is 3.72. The Bertz CT molecular complexity index is 714. The van der Waals surface area contributed by atoms with Crippen molar-refractivity contribution in [2.75, 3.05) is 13.2 Å². The number of hydrogen-bond donors (Lipinski definition) is 0. The number of hydrogen-bond acceptors (Lipinski definition) is 4. The van der Waals surface area contributed by atoms with Gasteiger partial charge >= 0.3 is 11.9 Å². The maximum atomic E-state index is 11.9. The summed E-state index contributed by atoms with van der Waals surface area (Å²) in [4.78, 5) is 23.1. The Morgan fingerprint density at radius 2 is 2.10 bits per heavy atom. The van der Waals surface area contributed by atoms with Crippen LogP contribution in [0.4, 0.5) is 13.2 Å². The van der Waals surface area contributed by atoms with E-state index in [2.05, 4.69) is 4.74 Å². The van der Waals surface area contributed by atoms with Crippen molar-refractivity contribution in [3.63, 3.8) is 0 Å². The van der Waals surface area contributed by atoms with E-state index in [0.717, 1.165) is 0 Å². The van der Waals surface area contributed by atoms with Crippen molar-refractivity contribution < 1.29 is 27.1 Å². The van der Waals surface area contributed by atoms with Crippen molar-refractivity contribution >= 4 is 16.9 Å². The number of rotatable bonds is 5. The molecule has 114 valence electrons. The minimum absolute atomic E-state index is 0.182. The molecule has 5 nitrogen and oxygen atoms in total. The van der Waals surface area contributed by atoms with Crippen LogP contribution in [0.3, 0.4) is 0 Å². The molecule has 0 spiro atoms. The molecule has 2 rings (SSSR count). The van der Waals surface area contributed by atoms with E-state index in [1.54, 1.807) is 6.07 Å². The maximum absolute atomic E-state index is 11.9. The van der Waals surface area contributed by atoms with Gasteiger partial charge in [-0.25, -0.2) is 4.79 Å². The lowest BCUT2D eigenvalue weighted by molar-refractivity contribution is -0.173. The van der Waals surface area contributed by atoms with Crippen LogP contribution < -0.4 is 5.76 Å². The van der Waals surface area contributed by atoms with Gasteiger partial charge in [-0.05, 0) is 18.2 Å². The van der Waals surface area contributed by atoms with Crippen molar-refractivity contribution in [1.82, 2.24) is 4.57 Å². The van der Waals surface area contributed by atoms with Gasteiger partial charge in [-0.15, -0.1) is 0 Å². The molecule has 8 heteroatoms. The number of Topliss-reactive ketones (excluding diaryl/α,β-unsaturated/α-hetero) is 1. The lowest BCUT2D eigenvalue weighted by atomic mass is 10.1. The topological polar surface area (TPSA) is 61.4 Å². The molecule has 21 heavy (non-hydrogen) atoms. The number of ketones is 1. The summed E-state index contributed by atoms with van der Waals surface area (Å²) in [5, 5.41) is 0. The maximum Gasteiger partial charge on any atom is 0.419 e. The molecule has 0 bridgehead atoms. The fraction of sp³-hybridized carbons (Fsp3) is 0.385. The third-order valence-corrected chi connectivity index (χ3v) is 2.85. The van der Waals surface area contributed by atoms with E-state index in [1.807, 2.05) is 0 Å². The first-order chi connectivity index (χ1) is 9.78. The normalized spacial score (nSPS) is 12.0. The fourth-order valence-corrected chi connectivity index (χ4v) is 1.80. The van der Waals surface area contributed by atoms with Crippen LogP contribution in [-0.2, 0) is 11.8 Å². The van der Waals surface area contributed by atoms with Crippen LogP contribution in [0.5, 0.6) is 0 Å². The van der Waals surface area contributed by atoms with E-state index in [1.165, 1.54) is 23.7 Å². The number of carbonyl (C=O) groups excluding carboxylic acids is 1. The monoisotopic (exact) mass is 303 g/mol. The van der Waals surface area contributed by atoms with Gasteiger partial charge in [0.2, 0.25) is 0 Å². The summed E-state index contributed by atoms with van der Waals surface area (Å²) in [5.41, 5.74) is 1.04. The highest BCUT2D eigenvalue weighted by atomic mass is 19.4. The molecule has 1 heterocycles. The number of aryl methyl sites for hydroxylation is 1. The summed E-state index contributed by atoms with van der Waals surface area (Å²) in [6.45, 7) is -1.71. The Labute approximate surface area is 116 Å². The van der Waals surface area contributed by atoms with E-state index in [4.69, 9.17) is 4.42 Å². The molecule has 1 aromatic heterocycles. The van der Waals surface area contributed by atoms with Crippen molar-refractivity contribution in [3.8, 4) is 0 Å². The quantitative estimate of drug-likeness (QED) is 0.628. The fourth-order valence-electron chi connectivity index (χ4n) is 1.80. The summed E-state index contributed by atoms with van der Waals surface area (Å²) >= 11 is 0. The highest BCUT2D eigenvalue weighted by Crippen LogP contribution is 2.17. The number of aromatic nitrogens is 1. The van der Waals surface area contributed by atoms with Crippen LogP contribution in [0, 0.1) is 0 Å². The third-order valence-electron chi connectivity index (χ3n) is 2.85. The van der Waals surface area contributed by atoms with Gasteiger partial charge < -0.3 is 9.15 Å². The highest BCUT2D eigenvalue weighted by molar-refractivity contribution is 5.98. The van der Waals surface area contributed by atoms with Crippen molar-refractivity contribution in [2.24, 2.45) is 7.05 Å². The lowest BCUT2D eigenvalue weighted by Crippen LogP contribution is -2.18. The lowest BCUT2D eigenvalue weighted by Gasteiger charge is -2.07. The second-order valence-corrected chi connectivity index (χ2v) is 4.45. The minimum atomic E-state index is -4.41. The molecule has 0 amide bonds. The van der Waals surface area contributed by atoms with Gasteiger partial charge in [-0.3, -0.25) is 9.36 Å². The molecular weight excluding hydrogens is 291 g/mol. The van der Waals surface area contributed by atoms with Gasteiger partial charge in [0, 0.05) is 19.0 Å². The average Bonchev–Trinajstić information content (AvgIpc) is 2.68. The van der Waals surface area contributed by atoms with Gasteiger partial charge in [-0.2, -0.15) is 13.2 Å². The highest BCUT2D eigenvalue weighted by Gasteiger charge is 2.27. The van der Waals surface area contributed by atoms with Gasteiger partial charge in [0.1, 0.15) is 6.61 Å². The van der Waals surface area contributed by atoms with Crippen LogP contribution in [-0.4, -0.2) is 29.7 Å². The number of fused-ring (bicyclic) bond motifs is 1. The second kappa shape index (κ2) is 5.72. The Kier molecular flexibility index (Phi) is 4.17. The predicted octanol–water partition coefficient (Wildman–Crippen LogP) is 2.28. The molecule has 0 aliphatic heterocycles. The number of carbonyl (C=O) groups is 1. The van der Waals surface area contributed by atoms with Crippen molar-refractivity contribution in [1.29, 1.82) is 0 Å². The molecule has 0 atom stereocenters. The molecule has 0 aliphatic rings. The van der Waals surface area contributed by atoms with E-state index >= 15 is 0 Å². The first kappa shape index (κ1) is 15.3. The SMILES string of the molecule is Cn1c(=O)oc2cc(C(=O)CCOCC(F)(F)F)ccc21. The Hall–Kier alpha value is -2.09. The zero-order chi connectivity index (χ0) is 15.6. The van der Waals surface area contributed by atoms with Gasteiger partial charge in [-0.1, -0.05) is 0 Å². The summed E-state index contributed by atoms with van der Waals surface area (Å²) in [5.74, 6) is -0.936. The standard InChI is InChI=1S/C13H12F3NO4/c1-17-9-3-2-8(6-11(9)21-12(17)19)10(18)4-5-20-7-13(14,15)16/h2-3,6H,4-5,7H2,1H3. The van der Waals surface area contributed by atoms with Gasteiger partial charge in [0.05, 0.1) is 12.1 Å². The molecule has 0 radical (unpaired) electrons. The van der Waals surface area contributed by atoms with Gasteiger partial charge in [0.15, 0.2) is 11.4 Å². The Morgan fingerprint density at radius 1 is 1.38 bits per heavy atom. The molecular formula is C13H12F3NO4. The summed E-state index contributed by atoms with van der Waals surface area (Å²) in [6, 6.07) is 4.43. The Balaban J connectivity index is 2.01. The molecule has 0 N–H and O–H groups in total. The summed E-state index contributed by atoms with van der Waals surface area (Å²) in [6.07, 6.45) is -4.59. The summed E-state index contributed by atoms with van der Waals surface area (Å²) in [7, 11) is 1.53. The first-order valence-corrected chi connectivity index (χ1v) is 6.05. The largest absolute Gasteiger partial charge is 0.419 e. The van der Waals surface area contributed by atoms with Crippen LogP contribution in [0.1, 0.15) is 16.8 Å². The predicted molar refractivity (Wildman–Crippen MR) is 67.3 cm³/mol. The second-order valence-electron chi connectivity index (χ2n) is 4.45. The molecule has 2 aromatic rings. The number of halogens is 3. The van der Waals surface area contributed by atoms with E-state index < -0.39 is 18.5 Å². The number of oxazole rings is 1. The number of nitrogens with zero attached hydrogens (tertiary/aromatic N) is 1. The molecule has 0 fully saturated rings. The van der Waals surface area contributed by atoms with Crippen molar-refractivity contribution in [3.05, 3.63) is 34.3 Å². The van der Waals surface area contributed by atoms with Crippen LogP contribution in [0.15, 0.2) is 27.4 Å². The minimum Gasteiger partial charge on any atom is -0.408 e. The zero-order valence-corrected chi connectivity index (χ0v) is 11.1.